The monoisotopic (exact) mass is 286 g/mol. The van der Waals surface area contributed by atoms with Gasteiger partial charge in [-0.25, -0.2) is 12.8 Å². The summed E-state index contributed by atoms with van der Waals surface area (Å²) in [6.07, 6.45) is 0. The Morgan fingerprint density at radius 1 is 1.46 bits per heavy atom. The van der Waals surface area contributed by atoms with Gasteiger partial charge in [-0.3, -0.25) is 0 Å². The molecule has 0 amide bonds. The zero-order chi connectivity index (χ0) is 10.1. The molecule has 0 saturated carbocycles. The van der Waals surface area contributed by atoms with Crippen molar-refractivity contribution in [2.45, 2.75) is 5.75 Å². The topological polar surface area (TPSA) is 34.1 Å². The molecule has 13 heavy (non-hydrogen) atoms. The van der Waals surface area contributed by atoms with E-state index in [0.717, 1.165) is 0 Å². The van der Waals surface area contributed by atoms with Gasteiger partial charge in [0.05, 0.1) is 5.75 Å². The van der Waals surface area contributed by atoms with E-state index in [9.17, 15) is 12.8 Å². The molecule has 2 nitrogen and oxygen atoms in total. The van der Waals surface area contributed by atoms with Crippen molar-refractivity contribution in [3.05, 3.63) is 34.1 Å². The minimum atomic E-state index is -3.71. The van der Waals surface area contributed by atoms with Gasteiger partial charge in [-0.05, 0) is 18.2 Å². The van der Waals surface area contributed by atoms with Crippen molar-refractivity contribution in [1.82, 2.24) is 0 Å². The van der Waals surface area contributed by atoms with Gasteiger partial charge in [0.25, 0.3) is 0 Å². The highest BCUT2D eigenvalue weighted by atomic mass is 79.9. The zero-order valence-electron chi connectivity index (χ0n) is 6.30. The summed E-state index contributed by atoms with van der Waals surface area (Å²) in [7, 11) is 1.28. The highest BCUT2D eigenvalue weighted by Gasteiger charge is 2.11. The Morgan fingerprint density at radius 3 is 2.62 bits per heavy atom. The van der Waals surface area contributed by atoms with Crippen molar-refractivity contribution in [2.24, 2.45) is 0 Å². The Bertz CT molecular complexity index is 419. The van der Waals surface area contributed by atoms with Gasteiger partial charge in [-0.1, -0.05) is 15.9 Å². The molecule has 0 aliphatic carbocycles. The van der Waals surface area contributed by atoms with Crippen LogP contribution in [0.2, 0.25) is 0 Å². The molecule has 0 aliphatic rings. The molecule has 1 rings (SSSR count). The van der Waals surface area contributed by atoms with Crippen LogP contribution in [-0.2, 0) is 14.8 Å². The molecule has 1 aromatic rings. The standard InChI is InChI=1S/C7H5BrClFO2S/c8-6-1-2-7(10)5(3-6)4-13(9,11)12/h1-3H,4H2. The molecule has 0 atom stereocenters. The molecular formula is C7H5BrClFO2S. The first kappa shape index (κ1) is 10.9. The van der Waals surface area contributed by atoms with Crippen LogP contribution in [0.15, 0.2) is 22.7 Å². The maximum atomic E-state index is 13.0. The summed E-state index contributed by atoms with van der Waals surface area (Å²) in [5.41, 5.74) is 0.0596. The van der Waals surface area contributed by atoms with E-state index in [4.69, 9.17) is 10.7 Å². The number of hydrogen-bond donors (Lipinski definition) is 0. The van der Waals surface area contributed by atoms with E-state index in [0.29, 0.717) is 4.47 Å². The average Bonchev–Trinajstić information content (AvgIpc) is 1.94. The van der Waals surface area contributed by atoms with Crippen LogP contribution >= 0.6 is 26.6 Å². The van der Waals surface area contributed by atoms with Crippen LogP contribution in [0.5, 0.6) is 0 Å². The van der Waals surface area contributed by atoms with E-state index in [1.54, 1.807) is 0 Å². The molecule has 0 aromatic heterocycles. The van der Waals surface area contributed by atoms with Gasteiger partial charge in [-0.15, -0.1) is 0 Å². The lowest BCUT2D eigenvalue weighted by molar-refractivity contribution is 0.597. The van der Waals surface area contributed by atoms with E-state index in [1.165, 1.54) is 18.2 Å². The van der Waals surface area contributed by atoms with Crippen LogP contribution in [0.4, 0.5) is 4.39 Å². The molecule has 0 unspecified atom stereocenters. The van der Waals surface area contributed by atoms with Crippen LogP contribution < -0.4 is 0 Å². The van der Waals surface area contributed by atoms with Crippen molar-refractivity contribution >= 4 is 35.7 Å². The summed E-state index contributed by atoms with van der Waals surface area (Å²) in [6, 6.07) is 4.05. The maximum absolute atomic E-state index is 13.0. The van der Waals surface area contributed by atoms with Crippen molar-refractivity contribution in [1.29, 1.82) is 0 Å². The minimum Gasteiger partial charge on any atom is -0.212 e. The lowest BCUT2D eigenvalue weighted by Gasteiger charge is -2.00. The van der Waals surface area contributed by atoms with Gasteiger partial charge in [0.2, 0.25) is 9.05 Å². The quantitative estimate of drug-likeness (QED) is 0.784. The predicted molar refractivity (Wildman–Crippen MR) is 52.6 cm³/mol. The molecule has 0 N–H and O–H groups in total. The Morgan fingerprint density at radius 2 is 2.08 bits per heavy atom. The Kier molecular flexibility index (Phi) is 3.32. The highest BCUT2D eigenvalue weighted by Crippen LogP contribution is 2.18. The summed E-state index contributed by atoms with van der Waals surface area (Å²) in [5.74, 6) is -1.08. The molecule has 0 fully saturated rings. The summed E-state index contributed by atoms with van der Waals surface area (Å²) in [4.78, 5) is 0. The van der Waals surface area contributed by atoms with Crippen LogP contribution in [-0.4, -0.2) is 8.42 Å². The fraction of sp³-hybridized carbons (Fsp3) is 0.143. The van der Waals surface area contributed by atoms with Crippen LogP contribution in [0.3, 0.4) is 0 Å². The molecule has 0 spiro atoms. The fourth-order valence-corrected chi connectivity index (χ4v) is 2.19. The van der Waals surface area contributed by atoms with Gasteiger partial charge in [0.15, 0.2) is 0 Å². The Hall–Kier alpha value is -0.130. The molecule has 0 radical (unpaired) electrons. The highest BCUT2D eigenvalue weighted by molar-refractivity contribution is 9.10. The molecule has 0 aliphatic heterocycles. The smallest absolute Gasteiger partial charge is 0.212 e. The van der Waals surface area contributed by atoms with E-state index < -0.39 is 20.6 Å². The minimum absolute atomic E-state index is 0.0596. The van der Waals surface area contributed by atoms with Crippen LogP contribution in [0.1, 0.15) is 5.56 Å². The predicted octanol–water partition coefficient (Wildman–Crippen LogP) is 2.66. The lowest BCUT2D eigenvalue weighted by Crippen LogP contribution is -1.97. The third-order valence-corrected chi connectivity index (χ3v) is 2.81. The fourth-order valence-electron chi connectivity index (χ4n) is 0.840. The summed E-state index contributed by atoms with van der Waals surface area (Å²) in [5, 5.41) is 0. The SMILES string of the molecule is O=S(=O)(Cl)Cc1cc(Br)ccc1F. The number of halogens is 3. The van der Waals surface area contributed by atoms with Gasteiger partial charge >= 0.3 is 0 Å². The first-order valence-electron chi connectivity index (χ1n) is 3.25. The third-order valence-electron chi connectivity index (χ3n) is 1.34. The second-order valence-corrected chi connectivity index (χ2v) is 6.11. The lowest BCUT2D eigenvalue weighted by atomic mass is 10.2. The molecule has 0 saturated heterocycles. The average molecular weight is 288 g/mol. The summed E-state index contributed by atoms with van der Waals surface area (Å²) >= 11 is 3.10. The molecule has 6 heteroatoms. The summed E-state index contributed by atoms with van der Waals surface area (Å²) in [6.45, 7) is 0. The number of benzene rings is 1. The maximum Gasteiger partial charge on any atom is 0.236 e. The summed E-state index contributed by atoms with van der Waals surface area (Å²) < 4.78 is 34.9. The second kappa shape index (κ2) is 3.94. The normalized spacial score (nSPS) is 11.6. The van der Waals surface area contributed by atoms with Gasteiger partial charge < -0.3 is 0 Å². The molecular weight excluding hydrogens is 282 g/mol. The molecule has 1 aromatic carbocycles. The number of rotatable bonds is 2. The number of hydrogen-bond acceptors (Lipinski definition) is 2. The first-order chi connectivity index (χ1) is 5.88. The van der Waals surface area contributed by atoms with Crippen molar-refractivity contribution in [3.8, 4) is 0 Å². The molecule has 72 valence electrons. The first-order valence-corrected chi connectivity index (χ1v) is 6.52. The molecule has 0 bridgehead atoms. The van der Waals surface area contributed by atoms with E-state index >= 15 is 0 Å². The van der Waals surface area contributed by atoms with Crippen molar-refractivity contribution in [2.75, 3.05) is 0 Å². The van der Waals surface area contributed by atoms with Gasteiger partial charge in [0.1, 0.15) is 5.82 Å². The van der Waals surface area contributed by atoms with Crippen LogP contribution in [0, 0.1) is 5.82 Å². The zero-order valence-corrected chi connectivity index (χ0v) is 9.46. The largest absolute Gasteiger partial charge is 0.236 e. The van der Waals surface area contributed by atoms with Gasteiger partial charge in [0, 0.05) is 20.7 Å². The second-order valence-electron chi connectivity index (χ2n) is 2.42. The van der Waals surface area contributed by atoms with E-state index in [2.05, 4.69) is 15.9 Å². The van der Waals surface area contributed by atoms with E-state index in [1.807, 2.05) is 0 Å². The Labute approximate surface area is 88.3 Å². The Balaban J connectivity index is 3.08. The third kappa shape index (κ3) is 3.62. The molecule has 0 heterocycles. The van der Waals surface area contributed by atoms with Crippen LogP contribution in [0.25, 0.3) is 0 Å². The van der Waals surface area contributed by atoms with Crippen molar-refractivity contribution < 1.29 is 12.8 Å². The van der Waals surface area contributed by atoms with Gasteiger partial charge in [-0.2, -0.15) is 0 Å². The van der Waals surface area contributed by atoms with E-state index in [-0.39, 0.29) is 5.56 Å². The van der Waals surface area contributed by atoms with Crippen molar-refractivity contribution in [3.63, 3.8) is 0 Å².